The van der Waals surface area contributed by atoms with Crippen molar-refractivity contribution in [3.63, 3.8) is 0 Å². The van der Waals surface area contributed by atoms with E-state index in [4.69, 9.17) is 4.74 Å². The number of esters is 1. The molecular weight excluding hydrogens is 364 g/mol. The molecule has 6 nitrogen and oxygen atoms in total. The number of ether oxygens (including phenoxy) is 1. The van der Waals surface area contributed by atoms with Crippen LogP contribution in [0.25, 0.3) is 0 Å². The maximum atomic E-state index is 13.2. The summed E-state index contributed by atoms with van der Waals surface area (Å²) in [6, 6.07) is 7.69. The van der Waals surface area contributed by atoms with Crippen molar-refractivity contribution in [2.75, 3.05) is 6.61 Å². The fourth-order valence-corrected chi connectivity index (χ4v) is 5.72. The van der Waals surface area contributed by atoms with Crippen LogP contribution in [-0.4, -0.2) is 25.6 Å². The summed E-state index contributed by atoms with van der Waals surface area (Å²) in [6.07, 6.45) is 2.65. The molecule has 0 aliphatic heterocycles. The lowest BCUT2D eigenvalue weighted by atomic mass is 9.88. The molecule has 27 heavy (non-hydrogen) atoms. The molecule has 0 spiro atoms. The molecule has 0 radical (unpaired) electrons. The summed E-state index contributed by atoms with van der Waals surface area (Å²) in [5, 5.41) is 0. The molecule has 0 bridgehead atoms. The van der Waals surface area contributed by atoms with Crippen LogP contribution >= 0.6 is 0 Å². The molecule has 0 amide bonds. The minimum Gasteiger partial charge on any atom is -0.461 e. The van der Waals surface area contributed by atoms with Gasteiger partial charge in [0.2, 0.25) is 10.0 Å². The normalized spacial score (nSPS) is 16.8. The number of aromatic nitrogens is 1. The van der Waals surface area contributed by atoms with Crippen LogP contribution in [0.5, 0.6) is 0 Å². The smallest absolute Gasteiger partial charge is 0.355 e. The third-order valence-corrected chi connectivity index (χ3v) is 7.00. The summed E-state index contributed by atoms with van der Waals surface area (Å²) in [5.74, 6) is -0.509. The molecule has 3 rings (SSSR count). The Morgan fingerprint density at radius 3 is 2.70 bits per heavy atom. The first kappa shape index (κ1) is 19.6. The maximum Gasteiger partial charge on any atom is 0.355 e. The molecule has 1 N–H and O–H groups in total. The molecule has 0 unspecified atom stereocenters. The highest BCUT2D eigenvalue weighted by atomic mass is 32.2. The van der Waals surface area contributed by atoms with E-state index >= 15 is 0 Å². The average Bonchev–Trinajstić information content (AvgIpc) is 2.85. The summed E-state index contributed by atoms with van der Waals surface area (Å²) < 4.78 is 36.0. The molecule has 146 valence electrons. The number of hydrogen-bond acceptors (Lipinski definition) is 4. The number of benzene rings is 1. The van der Waals surface area contributed by atoms with Gasteiger partial charge in [0, 0.05) is 24.3 Å². The second kappa shape index (κ2) is 7.48. The molecular formula is C20H26N2O4S. The van der Waals surface area contributed by atoms with E-state index in [0.29, 0.717) is 11.3 Å². The Kier molecular flexibility index (Phi) is 5.44. The van der Waals surface area contributed by atoms with Gasteiger partial charge in [0.1, 0.15) is 10.6 Å². The first-order valence-corrected chi connectivity index (χ1v) is 10.7. The van der Waals surface area contributed by atoms with Crippen molar-refractivity contribution in [1.82, 2.24) is 9.29 Å². The van der Waals surface area contributed by atoms with Gasteiger partial charge >= 0.3 is 5.97 Å². The lowest BCUT2D eigenvalue weighted by Gasteiger charge is -2.26. The molecule has 0 saturated heterocycles. The number of sulfonamides is 1. The summed E-state index contributed by atoms with van der Waals surface area (Å²) in [7, 11) is -2.11. The predicted octanol–water partition coefficient (Wildman–Crippen LogP) is 3.17. The largest absolute Gasteiger partial charge is 0.461 e. The highest BCUT2D eigenvalue weighted by Gasteiger charge is 2.32. The van der Waals surface area contributed by atoms with E-state index in [0.717, 1.165) is 24.8 Å². The number of carbonyl (C=O) groups is 1. The number of nitrogens with one attached hydrogen (secondary N) is 1. The van der Waals surface area contributed by atoms with E-state index in [2.05, 4.69) is 4.72 Å². The molecule has 2 aromatic rings. The third-order valence-electron chi connectivity index (χ3n) is 5.27. The second-order valence-corrected chi connectivity index (χ2v) is 8.58. The van der Waals surface area contributed by atoms with E-state index < -0.39 is 16.0 Å². The first-order chi connectivity index (χ1) is 12.8. The van der Waals surface area contributed by atoms with Crippen molar-refractivity contribution >= 4 is 16.0 Å². The molecule has 0 saturated carbocycles. The zero-order chi connectivity index (χ0) is 19.8. The van der Waals surface area contributed by atoms with E-state index in [9.17, 15) is 13.2 Å². The van der Waals surface area contributed by atoms with Gasteiger partial charge in [0.05, 0.1) is 6.61 Å². The number of fused-ring (bicyclic) bond motifs is 1. The fraction of sp³-hybridized carbons (Fsp3) is 0.450. The molecule has 1 aliphatic rings. The highest BCUT2D eigenvalue weighted by molar-refractivity contribution is 7.89. The Bertz CT molecular complexity index is 976. The summed E-state index contributed by atoms with van der Waals surface area (Å²) in [4.78, 5) is 12.4. The van der Waals surface area contributed by atoms with Crippen molar-refractivity contribution in [3.05, 3.63) is 52.3 Å². The Morgan fingerprint density at radius 2 is 2.00 bits per heavy atom. The maximum absolute atomic E-state index is 13.2. The number of aryl methyl sites for hydroxylation is 1. The zero-order valence-electron chi connectivity index (χ0n) is 16.2. The summed E-state index contributed by atoms with van der Waals surface area (Å²) >= 11 is 0. The number of nitrogens with zero attached hydrogens (tertiary/aromatic N) is 1. The van der Waals surface area contributed by atoms with Crippen LogP contribution in [0.15, 0.2) is 29.2 Å². The molecule has 1 aliphatic carbocycles. The Morgan fingerprint density at radius 1 is 1.30 bits per heavy atom. The lowest BCUT2D eigenvalue weighted by molar-refractivity contribution is 0.0514. The second-order valence-electron chi connectivity index (χ2n) is 6.93. The van der Waals surface area contributed by atoms with Crippen molar-refractivity contribution in [2.24, 2.45) is 7.05 Å². The third kappa shape index (κ3) is 3.53. The fourth-order valence-electron chi connectivity index (χ4n) is 3.96. The highest BCUT2D eigenvalue weighted by Crippen LogP contribution is 2.33. The van der Waals surface area contributed by atoms with Gasteiger partial charge in [-0.25, -0.2) is 17.9 Å². The minimum atomic E-state index is -3.79. The van der Waals surface area contributed by atoms with Crippen LogP contribution in [0, 0.1) is 13.8 Å². The average molecular weight is 391 g/mol. The van der Waals surface area contributed by atoms with Gasteiger partial charge in [-0.05, 0) is 51.2 Å². The Hall–Kier alpha value is -2.12. The Labute approximate surface area is 160 Å². The van der Waals surface area contributed by atoms with Crippen molar-refractivity contribution in [3.8, 4) is 0 Å². The SMILES string of the molecule is CCOC(=O)c1c(C)c(S(=O)(=O)N[C@@H]2CCCc3ccccc32)c(C)n1C. The lowest BCUT2D eigenvalue weighted by Crippen LogP contribution is -2.31. The van der Waals surface area contributed by atoms with Crippen molar-refractivity contribution in [2.45, 2.75) is 51.0 Å². The van der Waals surface area contributed by atoms with E-state index in [1.54, 1.807) is 32.4 Å². The predicted molar refractivity (Wildman–Crippen MR) is 103 cm³/mol. The number of rotatable bonds is 5. The Balaban J connectivity index is 2.00. The van der Waals surface area contributed by atoms with E-state index in [1.807, 2.05) is 24.3 Å². The van der Waals surface area contributed by atoms with Gasteiger partial charge in [-0.3, -0.25) is 0 Å². The van der Waals surface area contributed by atoms with Crippen LogP contribution in [0.2, 0.25) is 0 Å². The minimum absolute atomic E-state index is 0.163. The molecule has 7 heteroatoms. The molecule has 1 aromatic carbocycles. The zero-order valence-corrected chi connectivity index (χ0v) is 17.0. The van der Waals surface area contributed by atoms with Gasteiger partial charge in [-0.1, -0.05) is 24.3 Å². The van der Waals surface area contributed by atoms with E-state index in [1.165, 1.54) is 5.56 Å². The topological polar surface area (TPSA) is 77.4 Å². The number of carbonyl (C=O) groups excluding carboxylic acids is 1. The quantitative estimate of drug-likeness (QED) is 0.796. The van der Waals surface area contributed by atoms with Gasteiger partial charge in [0.25, 0.3) is 0 Å². The van der Waals surface area contributed by atoms with Crippen LogP contribution in [0.4, 0.5) is 0 Å². The molecule has 1 atom stereocenters. The van der Waals surface area contributed by atoms with Crippen LogP contribution in [0.3, 0.4) is 0 Å². The molecule has 1 heterocycles. The molecule has 0 fully saturated rings. The standard InChI is InChI=1S/C20H26N2O4S/c1-5-26-20(23)18-13(2)19(14(3)22(18)4)27(24,25)21-17-12-8-10-15-9-6-7-11-16(15)17/h6-7,9,11,17,21H,5,8,10,12H2,1-4H3/t17-/m1/s1. The van der Waals surface area contributed by atoms with Gasteiger partial charge in [-0.2, -0.15) is 0 Å². The van der Waals surface area contributed by atoms with Crippen LogP contribution in [0.1, 0.15) is 58.7 Å². The van der Waals surface area contributed by atoms with Gasteiger partial charge in [0.15, 0.2) is 0 Å². The van der Waals surface area contributed by atoms with Crippen molar-refractivity contribution < 1.29 is 17.9 Å². The van der Waals surface area contributed by atoms with Gasteiger partial charge in [-0.15, -0.1) is 0 Å². The summed E-state index contributed by atoms with van der Waals surface area (Å²) in [6.45, 7) is 5.33. The monoisotopic (exact) mass is 390 g/mol. The van der Waals surface area contributed by atoms with Crippen LogP contribution in [-0.2, 0) is 28.2 Å². The summed E-state index contributed by atoms with van der Waals surface area (Å²) in [5.41, 5.74) is 3.44. The first-order valence-electron chi connectivity index (χ1n) is 9.21. The number of hydrogen-bond donors (Lipinski definition) is 1. The molecule has 1 aromatic heterocycles. The van der Waals surface area contributed by atoms with E-state index in [-0.39, 0.29) is 23.2 Å². The van der Waals surface area contributed by atoms with Crippen LogP contribution < -0.4 is 4.72 Å². The van der Waals surface area contributed by atoms with Gasteiger partial charge < -0.3 is 9.30 Å². The van der Waals surface area contributed by atoms with Crippen molar-refractivity contribution in [1.29, 1.82) is 0 Å².